The topological polar surface area (TPSA) is 63.5 Å². The first-order valence-corrected chi connectivity index (χ1v) is 10.7. The summed E-state index contributed by atoms with van der Waals surface area (Å²) >= 11 is 0. The fraction of sp³-hybridized carbons (Fsp3) is 0.400. The van der Waals surface area contributed by atoms with Crippen molar-refractivity contribution in [3.63, 3.8) is 0 Å². The number of hydrogen-bond donors (Lipinski definition) is 1. The number of ketones is 1. The van der Waals surface area contributed by atoms with Crippen LogP contribution in [0.25, 0.3) is 21.8 Å². The Morgan fingerprint density at radius 3 is 2.23 bits per heavy atom. The normalized spacial score (nSPS) is 26.2. The molecule has 2 aromatic carbocycles. The zero-order valence-electron chi connectivity index (χ0n) is 17.7. The summed E-state index contributed by atoms with van der Waals surface area (Å²) < 4.78 is 2.19. The molecule has 2 aliphatic carbocycles. The number of hydrogen-bond acceptors (Lipinski definition) is 3. The van der Waals surface area contributed by atoms with Crippen LogP contribution in [0.5, 0.6) is 0 Å². The lowest BCUT2D eigenvalue weighted by Crippen LogP contribution is -2.36. The molecule has 1 amide bonds. The number of aromatic nitrogens is 1. The van der Waals surface area contributed by atoms with Crippen LogP contribution >= 0.6 is 0 Å². The molecule has 2 aliphatic rings. The standard InChI is InChI=1S/C25H27N3O2/c1-24(2)18-12-14-25(24,3)23(22(18)30)27-26-21(29)13-15-28-19-10-6-4-8-16(19)17-9-5-7-11-20(17)28/h4-11,18H,12-15H2,1-3H3,(H,26,29). The first-order valence-electron chi connectivity index (χ1n) is 10.7. The molecule has 5 heteroatoms. The minimum Gasteiger partial charge on any atom is -0.340 e. The van der Waals surface area contributed by atoms with Crippen molar-refractivity contribution >= 4 is 39.2 Å². The van der Waals surface area contributed by atoms with Crippen LogP contribution in [-0.4, -0.2) is 22.0 Å². The van der Waals surface area contributed by atoms with Gasteiger partial charge in [-0.05, 0) is 30.4 Å². The predicted octanol–water partition coefficient (Wildman–Crippen LogP) is 4.68. The van der Waals surface area contributed by atoms with Crippen LogP contribution in [0.2, 0.25) is 0 Å². The fourth-order valence-corrected chi connectivity index (χ4v) is 5.63. The van der Waals surface area contributed by atoms with Gasteiger partial charge < -0.3 is 4.57 Å². The molecule has 3 aromatic rings. The smallest absolute Gasteiger partial charge is 0.241 e. The van der Waals surface area contributed by atoms with Crippen molar-refractivity contribution in [3.05, 3.63) is 48.5 Å². The molecule has 5 rings (SSSR count). The van der Waals surface area contributed by atoms with Crippen molar-refractivity contribution in [1.82, 2.24) is 9.99 Å². The zero-order valence-corrected chi connectivity index (χ0v) is 17.7. The number of benzene rings is 2. The van der Waals surface area contributed by atoms with Crippen molar-refractivity contribution in [2.75, 3.05) is 0 Å². The van der Waals surface area contributed by atoms with Gasteiger partial charge in [0.1, 0.15) is 5.71 Å². The third kappa shape index (κ3) is 2.51. The van der Waals surface area contributed by atoms with E-state index in [0.29, 0.717) is 18.7 Å². The lowest BCUT2D eigenvalue weighted by Gasteiger charge is -2.33. The van der Waals surface area contributed by atoms with Gasteiger partial charge in [0.2, 0.25) is 5.91 Å². The van der Waals surface area contributed by atoms with E-state index >= 15 is 0 Å². The number of amides is 1. The van der Waals surface area contributed by atoms with Crippen LogP contribution in [0.15, 0.2) is 53.6 Å². The van der Waals surface area contributed by atoms with Crippen LogP contribution in [0.4, 0.5) is 0 Å². The van der Waals surface area contributed by atoms with E-state index in [9.17, 15) is 9.59 Å². The van der Waals surface area contributed by atoms with E-state index in [2.05, 4.69) is 60.1 Å². The molecule has 0 radical (unpaired) electrons. The summed E-state index contributed by atoms with van der Waals surface area (Å²) in [5, 5.41) is 6.72. The average Bonchev–Trinajstić information content (AvgIpc) is 3.22. The molecule has 0 spiro atoms. The van der Waals surface area contributed by atoms with E-state index in [4.69, 9.17) is 0 Å². The van der Waals surface area contributed by atoms with Crippen molar-refractivity contribution in [2.45, 2.75) is 46.6 Å². The molecular formula is C25H27N3O2. The Morgan fingerprint density at radius 2 is 1.67 bits per heavy atom. The van der Waals surface area contributed by atoms with E-state index in [1.54, 1.807) is 0 Å². The van der Waals surface area contributed by atoms with Crippen molar-refractivity contribution in [2.24, 2.45) is 21.8 Å². The number of rotatable bonds is 4. The first kappa shape index (κ1) is 19.0. The van der Waals surface area contributed by atoms with E-state index in [-0.39, 0.29) is 28.4 Å². The third-order valence-electron chi connectivity index (χ3n) is 7.83. The van der Waals surface area contributed by atoms with Gasteiger partial charge in [0.25, 0.3) is 0 Å². The highest BCUT2D eigenvalue weighted by atomic mass is 16.2. The molecule has 2 bridgehead atoms. The summed E-state index contributed by atoms with van der Waals surface area (Å²) in [5.41, 5.74) is 5.11. The van der Waals surface area contributed by atoms with Gasteiger partial charge in [0.15, 0.2) is 5.78 Å². The second-order valence-corrected chi connectivity index (χ2v) is 9.44. The molecule has 1 N–H and O–H groups in total. The Hall–Kier alpha value is -2.95. The molecule has 2 atom stereocenters. The molecule has 1 heterocycles. The van der Waals surface area contributed by atoms with Gasteiger partial charge in [-0.2, -0.15) is 5.10 Å². The molecular weight excluding hydrogens is 374 g/mol. The van der Waals surface area contributed by atoms with E-state index in [1.807, 2.05) is 24.3 Å². The summed E-state index contributed by atoms with van der Waals surface area (Å²) in [6.07, 6.45) is 2.17. The summed E-state index contributed by atoms with van der Waals surface area (Å²) in [6, 6.07) is 16.5. The highest BCUT2D eigenvalue weighted by Crippen LogP contribution is 2.62. The number of nitrogens with zero attached hydrogens (tertiary/aromatic N) is 2. The first-order chi connectivity index (χ1) is 14.3. The Balaban J connectivity index is 1.35. The van der Waals surface area contributed by atoms with Gasteiger partial charge in [0, 0.05) is 46.1 Å². The quantitative estimate of drug-likeness (QED) is 0.645. The van der Waals surface area contributed by atoms with Gasteiger partial charge in [-0.15, -0.1) is 0 Å². The van der Waals surface area contributed by atoms with Crippen LogP contribution < -0.4 is 5.43 Å². The summed E-state index contributed by atoms with van der Waals surface area (Å²) in [5.74, 6) is -0.0338. The van der Waals surface area contributed by atoms with Crippen molar-refractivity contribution in [1.29, 1.82) is 0 Å². The largest absolute Gasteiger partial charge is 0.340 e. The number of fused-ring (bicyclic) bond motifs is 5. The number of carbonyl (C=O) groups excluding carboxylic acids is 2. The number of aryl methyl sites for hydroxylation is 1. The maximum absolute atomic E-state index is 12.8. The highest BCUT2D eigenvalue weighted by Gasteiger charge is 2.65. The van der Waals surface area contributed by atoms with Gasteiger partial charge in [-0.25, -0.2) is 5.43 Å². The van der Waals surface area contributed by atoms with Crippen molar-refractivity contribution in [3.8, 4) is 0 Å². The summed E-state index contributed by atoms with van der Waals surface area (Å²) in [7, 11) is 0. The minimum absolute atomic E-state index is 0.0238. The van der Waals surface area contributed by atoms with E-state index in [0.717, 1.165) is 23.9 Å². The molecule has 154 valence electrons. The summed E-state index contributed by atoms with van der Waals surface area (Å²) in [6.45, 7) is 6.97. The Labute approximate surface area is 176 Å². The van der Waals surface area contributed by atoms with Crippen molar-refractivity contribution < 1.29 is 9.59 Å². The third-order valence-corrected chi connectivity index (χ3v) is 7.83. The Bertz CT molecular complexity index is 1170. The summed E-state index contributed by atoms with van der Waals surface area (Å²) in [4.78, 5) is 25.4. The Morgan fingerprint density at radius 1 is 1.07 bits per heavy atom. The second-order valence-electron chi connectivity index (χ2n) is 9.44. The maximum atomic E-state index is 12.8. The second kappa shape index (κ2) is 6.53. The molecule has 30 heavy (non-hydrogen) atoms. The highest BCUT2D eigenvalue weighted by molar-refractivity contribution is 6.45. The van der Waals surface area contributed by atoms with Gasteiger partial charge in [-0.1, -0.05) is 57.2 Å². The van der Waals surface area contributed by atoms with Gasteiger partial charge in [-0.3, -0.25) is 9.59 Å². The van der Waals surface area contributed by atoms with Crippen LogP contribution in [-0.2, 0) is 16.1 Å². The maximum Gasteiger partial charge on any atom is 0.241 e. The average molecular weight is 402 g/mol. The molecule has 0 saturated heterocycles. The lowest BCUT2D eigenvalue weighted by atomic mass is 9.70. The minimum atomic E-state index is -0.255. The number of carbonyl (C=O) groups is 2. The van der Waals surface area contributed by atoms with Crippen LogP contribution in [0.1, 0.15) is 40.0 Å². The van der Waals surface area contributed by atoms with Crippen LogP contribution in [0, 0.1) is 16.7 Å². The molecule has 0 aliphatic heterocycles. The monoisotopic (exact) mass is 401 g/mol. The predicted molar refractivity (Wildman–Crippen MR) is 119 cm³/mol. The van der Waals surface area contributed by atoms with Gasteiger partial charge in [0.05, 0.1) is 0 Å². The molecule has 2 unspecified atom stereocenters. The number of para-hydroxylation sites is 2. The molecule has 5 nitrogen and oxygen atoms in total. The number of Topliss-reactive ketones (excluding diaryl/α,β-unsaturated/α-hetero) is 1. The SMILES string of the molecule is CC12CCC(C(=O)C1=NNC(=O)CCn1c3ccccc3c3ccccc31)C2(C)C. The molecule has 2 fully saturated rings. The number of nitrogens with one attached hydrogen (secondary N) is 1. The van der Waals surface area contributed by atoms with E-state index in [1.165, 1.54) is 10.8 Å². The van der Waals surface area contributed by atoms with Crippen LogP contribution in [0.3, 0.4) is 0 Å². The fourth-order valence-electron chi connectivity index (χ4n) is 5.63. The zero-order chi connectivity index (χ0) is 21.1. The molecule has 1 aromatic heterocycles. The van der Waals surface area contributed by atoms with E-state index < -0.39 is 0 Å². The molecule has 2 saturated carbocycles. The lowest BCUT2D eigenvalue weighted by molar-refractivity contribution is -0.121. The number of hydrazone groups is 1. The van der Waals surface area contributed by atoms with Gasteiger partial charge >= 0.3 is 0 Å². The Kier molecular flexibility index (Phi) is 4.14.